The number of carbonyl (C=O) groups is 1. The Morgan fingerprint density at radius 1 is 1.10 bits per heavy atom. The summed E-state index contributed by atoms with van der Waals surface area (Å²) in [6, 6.07) is 11.6. The van der Waals surface area contributed by atoms with Crippen LogP contribution in [0.5, 0.6) is 5.75 Å². The van der Waals surface area contributed by atoms with E-state index < -0.39 is 11.6 Å². The molecule has 0 spiro atoms. The van der Waals surface area contributed by atoms with Crippen LogP contribution in [0.2, 0.25) is 5.02 Å². The second-order valence-electron chi connectivity index (χ2n) is 13.0. The molecule has 2 aliphatic heterocycles. The van der Waals surface area contributed by atoms with Crippen molar-refractivity contribution >= 4 is 44.7 Å². The van der Waals surface area contributed by atoms with Gasteiger partial charge in [-0.1, -0.05) is 23.7 Å². The summed E-state index contributed by atoms with van der Waals surface area (Å²) < 4.78 is 40.6. The van der Waals surface area contributed by atoms with Crippen molar-refractivity contribution in [1.29, 1.82) is 0 Å². The van der Waals surface area contributed by atoms with Gasteiger partial charge >= 0.3 is 5.76 Å². The molecule has 258 valence electrons. The molecule has 14 heteroatoms. The summed E-state index contributed by atoms with van der Waals surface area (Å²) in [4.78, 5) is 38.9. The number of aryl methyl sites for hydroxylation is 2. The Bertz CT molecular complexity index is 2440. The van der Waals surface area contributed by atoms with E-state index in [0.29, 0.717) is 71.7 Å². The summed E-state index contributed by atoms with van der Waals surface area (Å²) in [5.74, 6) is -0.938. The summed E-state index contributed by atoms with van der Waals surface area (Å²) in [7, 11) is 1.40. The number of aromatic amines is 1. The molecule has 2 atom stereocenters. The zero-order valence-electron chi connectivity index (χ0n) is 27.2. The smallest absolute Gasteiger partial charge is 0.434 e. The number of benzene rings is 2. The first-order valence-electron chi connectivity index (χ1n) is 16.7. The highest BCUT2D eigenvalue weighted by atomic mass is 35.5. The molecular formula is C37H29ClF2N6O4S. The summed E-state index contributed by atoms with van der Waals surface area (Å²) in [6.45, 7) is 0.626. The highest BCUT2D eigenvalue weighted by molar-refractivity contribution is 7.23. The van der Waals surface area contributed by atoms with Gasteiger partial charge in [-0.15, -0.1) is 16.4 Å². The van der Waals surface area contributed by atoms with Gasteiger partial charge in [0.25, 0.3) is 11.8 Å². The van der Waals surface area contributed by atoms with Gasteiger partial charge in [0.2, 0.25) is 0 Å². The number of hydrogen-bond acceptors (Lipinski definition) is 9. The number of aromatic nitrogens is 4. The van der Waals surface area contributed by atoms with Crippen molar-refractivity contribution in [3.8, 4) is 27.6 Å². The fourth-order valence-corrected chi connectivity index (χ4v) is 9.26. The summed E-state index contributed by atoms with van der Waals surface area (Å²) in [5.41, 5.74) is 5.09. The molecule has 1 amide bonds. The van der Waals surface area contributed by atoms with Crippen molar-refractivity contribution in [2.75, 3.05) is 19.0 Å². The molecule has 10 nitrogen and oxygen atoms in total. The van der Waals surface area contributed by atoms with Crippen LogP contribution in [-0.4, -0.2) is 44.6 Å². The molecule has 1 fully saturated rings. The zero-order valence-corrected chi connectivity index (χ0v) is 28.8. The van der Waals surface area contributed by atoms with Gasteiger partial charge in [-0.05, 0) is 90.9 Å². The topological polar surface area (TPSA) is 126 Å². The van der Waals surface area contributed by atoms with E-state index in [2.05, 4.69) is 20.5 Å². The average molecular weight is 727 g/mol. The number of carbonyl (C=O) groups excluding carboxylic acids is 1. The van der Waals surface area contributed by atoms with Crippen LogP contribution in [0.25, 0.3) is 32.0 Å². The van der Waals surface area contributed by atoms with Gasteiger partial charge in [-0.2, -0.15) is 0 Å². The Balaban J connectivity index is 1.19. The van der Waals surface area contributed by atoms with Crippen molar-refractivity contribution in [3.63, 3.8) is 0 Å². The normalized spacial score (nSPS) is 17.6. The van der Waals surface area contributed by atoms with Gasteiger partial charge in [-0.3, -0.25) is 9.78 Å². The fraction of sp³-hybridized carbons (Fsp3) is 0.270. The van der Waals surface area contributed by atoms with Crippen molar-refractivity contribution < 1.29 is 22.7 Å². The highest BCUT2D eigenvalue weighted by Gasteiger charge is 2.45. The van der Waals surface area contributed by atoms with Crippen molar-refractivity contribution in [2.45, 2.75) is 50.6 Å². The second kappa shape index (κ2) is 12.3. The summed E-state index contributed by atoms with van der Waals surface area (Å²) >= 11 is 7.84. The van der Waals surface area contributed by atoms with Gasteiger partial charge in [-0.25, -0.2) is 23.7 Å². The largest absolute Gasteiger partial charge is 0.492 e. The first kappa shape index (κ1) is 31.8. The lowest BCUT2D eigenvalue weighted by molar-refractivity contribution is 0.0776. The van der Waals surface area contributed by atoms with Crippen LogP contribution in [-0.2, 0) is 19.3 Å². The minimum Gasteiger partial charge on any atom is -0.492 e. The maximum atomic E-state index is 15.3. The Kier molecular flexibility index (Phi) is 7.65. The third-order valence-corrected chi connectivity index (χ3v) is 11.6. The van der Waals surface area contributed by atoms with Crippen LogP contribution < -0.4 is 15.8 Å². The van der Waals surface area contributed by atoms with E-state index in [0.717, 1.165) is 38.9 Å². The monoisotopic (exact) mass is 726 g/mol. The number of anilines is 1. The van der Waals surface area contributed by atoms with Crippen molar-refractivity contribution in [3.05, 3.63) is 110 Å². The number of pyridine rings is 2. The molecule has 1 aliphatic carbocycles. The van der Waals surface area contributed by atoms with Crippen molar-refractivity contribution in [1.82, 2.24) is 25.1 Å². The zero-order chi connectivity index (χ0) is 35.0. The first-order chi connectivity index (χ1) is 24.8. The van der Waals surface area contributed by atoms with Gasteiger partial charge in [0.15, 0.2) is 11.6 Å². The number of nitrogens with zero attached hydrogens (tertiary/aromatic N) is 4. The predicted octanol–water partition coefficient (Wildman–Crippen LogP) is 7.82. The molecule has 3 aliphatic rings. The number of thiophene rings is 1. The lowest BCUT2D eigenvalue weighted by Gasteiger charge is -2.17. The van der Waals surface area contributed by atoms with E-state index in [4.69, 9.17) is 25.7 Å². The number of H-pyrrole nitrogens is 1. The lowest BCUT2D eigenvalue weighted by Crippen LogP contribution is -2.22. The molecule has 2 unspecified atom stereocenters. The first-order valence-corrected chi connectivity index (χ1v) is 17.9. The van der Waals surface area contributed by atoms with E-state index >= 15 is 4.39 Å². The summed E-state index contributed by atoms with van der Waals surface area (Å²) in [5, 5.41) is 11.2. The predicted molar refractivity (Wildman–Crippen MR) is 188 cm³/mol. The van der Waals surface area contributed by atoms with Crippen molar-refractivity contribution in [2.24, 2.45) is 0 Å². The molecule has 51 heavy (non-hydrogen) atoms. The van der Waals surface area contributed by atoms with E-state index in [-0.39, 0.29) is 40.5 Å². The fourth-order valence-electron chi connectivity index (χ4n) is 7.82. The average Bonchev–Trinajstić information content (AvgIpc) is 3.96. The number of halogens is 3. The van der Waals surface area contributed by atoms with Gasteiger partial charge in [0.1, 0.15) is 11.6 Å². The van der Waals surface area contributed by atoms with Crippen LogP contribution in [0.15, 0.2) is 57.9 Å². The molecular weight excluding hydrogens is 698 g/mol. The van der Waals surface area contributed by atoms with E-state index in [1.807, 2.05) is 17.0 Å². The maximum Gasteiger partial charge on any atom is 0.434 e. The molecule has 9 rings (SSSR count). The molecule has 6 aromatic rings. The SMILES string of the molecule is COc1c(Cl)cc2c(c1F)CCC2Nc1nccc2cc(-c3c4c(nc(CCc5ccc(F)cc5)c3-c3n[nH]c(=O)o3)C3CCCN3C4=O)sc12. The molecule has 0 radical (unpaired) electrons. The maximum absolute atomic E-state index is 15.3. The molecule has 6 heterocycles. The minimum absolute atomic E-state index is 0.0325. The lowest BCUT2D eigenvalue weighted by atomic mass is 9.93. The number of amides is 1. The third kappa shape index (κ3) is 5.20. The van der Waals surface area contributed by atoms with E-state index in [1.165, 1.54) is 30.6 Å². The standard InChI is InChI=1S/C37H29ClF2N6O4S/c1-49-32-22(38)16-21-20(30(32)40)9-11-23(21)43-34-33-18(12-13-41-34)15-26(51-33)28-27(35-44-45-37(48)50-35)24(10-6-17-4-7-19(39)8-5-17)42-31-25-3-2-14-46(25)36(47)29(28)31/h4-5,7-8,12-13,15-16,23,25H,2-3,6,9-11,14H2,1H3,(H,41,43)(H,45,48). The van der Waals surface area contributed by atoms with Crippen LogP contribution in [0, 0.1) is 11.6 Å². The van der Waals surface area contributed by atoms with Crippen LogP contribution in [0.1, 0.15) is 69.8 Å². The molecule has 2 aromatic carbocycles. The molecule has 0 bridgehead atoms. The Morgan fingerprint density at radius 3 is 2.73 bits per heavy atom. The minimum atomic E-state index is -0.731. The Labute approximate surface area is 298 Å². The molecule has 0 saturated carbocycles. The molecule has 2 N–H and O–H groups in total. The quantitative estimate of drug-likeness (QED) is 0.163. The highest BCUT2D eigenvalue weighted by Crippen LogP contribution is 2.51. The van der Waals surface area contributed by atoms with Crippen LogP contribution in [0.4, 0.5) is 14.6 Å². The van der Waals surface area contributed by atoms with E-state index in [1.54, 1.807) is 24.4 Å². The Morgan fingerprint density at radius 2 is 1.94 bits per heavy atom. The third-order valence-electron chi connectivity index (χ3n) is 10.1. The summed E-state index contributed by atoms with van der Waals surface area (Å²) in [6.07, 6.45) is 5.48. The van der Waals surface area contributed by atoms with Crippen LogP contribution >= 0.6 is 22.9 Å². The number of ether oxygens (including phenoxy) is 1. The molecule has 4 aromatic heterocycles. The number of fused-ring (bicyclic) bond motifs is 5. The van der Waals surface area contributed by atoms with E-state index in [9.17, 15) is 14.0 Å². The number of methoxy groups -OCH3 is 1. The number of rotatable bonds is 8. The van der Waals surface area contributed by atoms with Gasteiger partial charge in [0, 0.05) is 23.2 Å². The second-order valence-corrected chi connectivity index (χ2v) is 14.4. The van der Waals surface area contributed by atoms with Gasteiger partial charge < -0.3 is 19.4 Å². The Hall–Kier alpha value is -5.14. The molecule has 1 saturated heterocycles. The number of nitrogens with one attached hydrogen (secondary N) is 2. The van der Waals surface area contributed by atoms with Gasteiger partial charge in [0.05, 0.1) is 51.4 Å². The van der Waals surface area contributed by atoms with Crippen LogP contribution in [0.3, 0.4) is 0 Å². The number of hydrogen-bond donors (Lipinski definition) is 2.